The SMILES string of the molecule is COc1ccccc1[C@@H](C)NC(=O)COC(=O)/C=C\c1cccc2cccnc12. The molecule has 0 unspecified atom stereocenters. The number of amides is 1. The molecule has 148 valence electrons. The van der Waals surface area contributed by atoms with Crippen LogP contribution in [0.5, 0.6) is 5.75 Å². The van der Waals surface area contributed by atoms with Gasteiger partial charge < -0.3 is 14.8 Å². The molecular formula is C23H22N2O4. The summed E-state index contributed by atoms with van der Waals surface area (Å²) in [6.07, 6.45) is 4.62. The Morgan fingerprint density at radius 1 is 1.10 bits per heavy atom. The molecule has 1 N–H and O–H groups in total. The number of hydrogen-bond acceptors (Lipinski definition) is 5. The molecule has 0 saturated heterocycles. The molecule has 1 amide bonds. The Hall–Kier alpha value is -3.67. The second kappa shape index (κ2) is 9.50. The highest BCUT2D eigenvalue weighted by atomic mass is 16.5. The number of ether oxygens (including phenoxy) is 2. The summed E-state index contributed by atoms with van der Waals surface area (Å²) in [5.74, 6) is -0.307. The largest absolute Gasteiger partial charge is 0.496 e. The molecule has 6 nitrogen and oxygen atoms in total. The highest BCUT2D eigenvalue weighted by Crippen LogP contribution is 2.24. The molecule has 0 spiro atoms. The van der Waals surface area contributed by atoms with E-state index in [-0.39, 0.29) is 12.6 Å². The molecule has 0 radical (unpaired) electrons. The van der Waals surface area contributed by atoms with Crippen molar-refractivity contribution in [2.45, 2.75) is 13.0 Å². The van der Waals surface area contributed by atoms with Crippen molar-refractivity contribution in [2.24, 2.45) is 0 Å². The summed E-state index contributed by atoms with van der Waals surface area (Å²) in [4.78, 5) is 28.4. The van der Waals surface area contributed by atoms with E-state index in [4.69, 9.17) is 9.47 Å². The lowest BCUT2D eigenvalue weighted by atomic mass is 10.1. The number of esters is 1. The minimum absolute atomic E-state index is 0.283. The molecule has 1 aromatic heterocycles. The van der Waals surface area contributed by atoms with Crippen LogP contribution in [0.4, 0.5) is 0 Å². The van der Waals surface area contributed by atoms with E-state index in [1.807, 2.05) is 61.5 Å². The van der Waals surface area contributed by atoms with E-state index < -0.39 is 11.9 Å². The van der Waals surface area contributed by atoms with E-state index in [0.29, 0.717) is 5.75 Å². The highest BCUT2D eigenvalue weighted by molar-refractivity contribution is 5.93. The summed E-state index contributed by atoms with van der Waals surface area (Å²) in [6, 6.07) is 16.6. The number of para-hydroxylation sites is 2. The summed E-state index contributed by atoms with van der Waals surface area (Å²) >= 11 is 0. The van der Waals surface area contributed by atoms with Gasteiger partial charge in [-0.25, -0.2) is 4.79 Å². The lowest BCUT2D eigenvalue weighted by molar-refractivity contribution is -0.144. The molecule has 3 rings (SSSR count). The molecule has 3 aromatic rings. The zero-order valence-electron chi connectivity index (χ0n) is 16.3. The van der Waals surface area contributed by atoms with Crippen LogP contribution in [0.25, 0.3) is 17.0 Å². The number of hydrogen-bond donors (Lipinski definition) is 1. The third-order valence-corrected chi connectivity index (χ3v) is 4.39. The molecule has 1 heterocycles. The van der Waals surface area contributed by atoms with Gasteiger partial charge >= 0.3 is 5.97 Å². The van der Waals surface area contributed by atoms with Crippen molar-refractivity contribution >= 4 is 28.9 Å². The number of nitrogens with zero attached hydrogens (tertiary/aromatic N) is 1. The van der Waals surface area contributed by atoms with Crippen molar-refractivity contribution in [3.63, 3.8) is 0 Å². The number of carbonyl (C=O) groups is 2. The maximum Gasteiger partial charge on any atom is 0.331 e. The first kappa shape index (κ1) is 20.1. The van der Waals surface area contributed by atoms with Gasteiger partial charge in [0.05, 0.1) is 18.7 Å². The Labute approximate surface area is 169 Å². The molecular weight excluding hydrogens is 368 g/mol. The molecule has 0 aliphatic rings. The molecule has 0 saturated carbocycles. The van der Waals surface area contributed by atoms with E-state index in [1.165, 1.54) is 6.08 Å². The number of fused-ring (bicyclic) bond motifs is 1. The predicted octanol–water partition coefficient (Wildman–Crippen LogP) is 3.68. The van der Waals surface area contributed by atoms with Crippen molar-refractivity contribution < 1.29 is 19.1 Å². The number of benzene rings is 2. The monoisotopic (exact) mass is 390 g/mol. The predicted molar refractivity (Wildman–Crippen MR) is 111 cm³/mol. The van der Waals surface area contributed by atoms with Crippen LogP contribution < -0.4 is 10.1 Å². The Bertz CT molecular complexity index is 1040. The molecule has 2 aromatic carbocycles. The van der Waals surface area contributed by atoms with E-state index in [9.17, 15) is 9.59 Å². The number of nitrogens with one attached hydrogen (secondary N) is 1. The highest BCUT2D eigenvalue weighted by Gasteiger charge is 2.14. The van der Waals surface area contributed by atoms with Gasteiger partial charge in [-0.1, -0.05) is 42.5 Å². The topological polar surface area (TPSA) is 77.5 Å². The zero-order valence-corrected chi connectivity index (χ0v) is 16.3. The lowest BCUT2D eigenvalue weighted by Gasteiger charge is -2.17. The molecule has 0 aliphatic carbocycles. The van der Waals surface area contributed by atoms with Crippen LogP contribution in [0, 0.1) is 0 Å². The van der Waals surface area contributed by atoms with Crippen LogP contribution in [-0.4, -0.2) is 30.6 Å². The average Bonchev–Trinajstić information content (AvgIpc) is 2.76. The lowest BCUT2D eigenvalue weighted by Crippen LogP contribution is -2.31. The molecule has 29 heavy (non-hydrogen) atoms. The number of pyridine rings is 1. The van der Waals surface area contributed by atoms with E-state index >= 15 is 0 Å². The fraction of sp³-hybridized carbons (Fsp3) is 0.174. The fourth-order valence-corrected chi connectivity index (χ4v) is 2.99. The Balaban J connectivity index is 1.55. The van der Waals surface area contributed by atoms with Crippen LogP contribution in [0.2, 0.25) is 0 Å². The van der Waals surface area contributed by atoms with Crippen LogP contribution in [-0.2, 0) is 14.3 Å². The summed E-state index contributed by atoms with van der Waals surface area (Å²) in [7, 11) is 1.58. The van der Waals surface area contributed by atoms with Gasteiger partial charge in [0.2, 0.25) is 0 Å². The summed E-state index contributed by atoms with van der Waals surface area (Å²) in [5.41, 5.74) is 2.44. The van der Waals surface area contributed by atoms with E-state index in [0.717, 1.165) is 22.0 Å². The molecule has 6 heteroatoms. The van der Waals surface area contributed by atoms with E-state index in [1.54, 1.807) is 19.4 Å². The number of rotatable bonds is 7. The van der Waals surface area contributed by atoms with Gasteiger partial charge in [0.15, 0.2) is 6.61 Å². The van der Waals surface area contributed by atoms with Gasteiger partial charge in [0, 0.05) is 28.8 Å². The van der Waals surface area contributed by atoms with Crippen molar-refractivity contribution in [1.82, 2.24) is 10.3 Å². The first-order chi connectivity index (χ1) is 14.1. The summed E-state index contributed by atoms with van der Waals surface area (Å²) in [6.45, 7) is 1.47. The number of methoxy groups -OCH3 is 1. The molecule has 0 bridgehead atoms. The zero-order chi connectivity index (χ0) is 20.6. The second-order valence-corrected chi connectivity index (χ2v) is 6.39. The van der Waals surface area contributed by atoms with Gasteiger partial charge in [0.1, 0.15) is 5.75 Å². The van der Waals surface area contributed by atoms with Gasteiger partial charge in [-0.2, -0.15) is 0 Å². The van der Waals surface area contributed by atoms with Crippen LogP contribution in [0.3, 0.4) is 0 Å². The van der Waals surface area contributed by atoms with Gasteiger partial charge in [-0.3, -0.25) is 9.78 Å². The number of aromatic nitrogens is 1. The van der Waals surface area contributed by atoms with Crippen molar-refractivity contribution in [1.29, 1.82) is 0 Å². The van der Waals surface area contributed by atoms with Crippen molar-refractivity contribution in [3.05, 3.63) is 78.0 Å². The average molecular weight is 390 g/mol. The van der Waals surface area contributed by atoms with Crippen LogP contribution in [0.15, 0.2) is 66.9 Å². The minimum atomic E-state index is -0.599. The molecule has 1 atom stereocenters. The Morgan fingerprint density at radius 3 is 2.72 bits per heavy atom. The standard InChI is InChI=1S/C23H22N2O4/c1-16(19-10-3-4-11-20(19)28-2)25-21(26)15-29-22(27)13-12-18-8-5-7-17-9-6-14-24-23(17)18/h3-14,16H,15H2,1-2H3,(H,25,26)/b13-12-/t16-/m1/s1. The summed E-state index contributed by atoms with van der Waals surface area (Å²) in [5, 5.41) is 3.77. The normalized spacial score (nSPS) is 11.9. The third-order valence-electron chi connectivity index (χ3n) is 4.39. The fourth-order valence-electron chi connectivity index (χ4n) is 2.99. The Kier molecular flexibility index (Phi) is 6.58. The van der Waals surface area contributed by atoms with Gasteiger partial charge in [-0.15, -0.1) is 0 Å². The maximum atomic E-state index is 12.1. The molecule has 0 fully saturated rings. The first-order valence-corrected chi connectivity index (χ1v) is 9.19. The van der Waals surface area contributed by atoms with Crippen LogP contribution in [0.1, 0.15) is 24.1 Å². The maximum absolute atomic E-state index is 12.1. The van der Waals surface area contributed by atoms with Crippen molar-refractivity contribution in [2.75, 3.05) is 13.7 Å². The van der Waals surface area contributed by atoms with Gasteiger partial charge in [-0.05, 0) is 25.1 Å². The van der Waals surface area contributed by atoms with Crippen molar-refractivity contribution in [3.8, 4) is 5.75 Å². The first-order valence-electron chi connectivity index (χ1n) is 9.19. The third kappa shape index (κ3) is 5.19. The van der Waals surface area contributed by atoms with E-state index in [2.05, 4.69) is 10.3 Å². The van der Waals surface area contributed by atoms with Gasteiger partial charge in [0.25, 0.3) is 5.91 Å². The quantitative estimate of drug-likeness (QED) is 0.492. The Morgan fingerprint density at radius 2 is 1.90 bits per heavy atom. The second-order valence-electron chi connectivity index (χ2n) is 6.39. The number of carbonyl (C=O) groups excluding carboxylic acids is 2. The smallest absolute Gasteiger partial charge is 0.331 e. The van der Waals surface area contributed by atoms with Crippen LogP contribution >= 0.6 is 0 Å². The molecule has 0 aliphatic heterocycles. The minimum Gasteiger partial charge on any atom is -0.496 e. The summed E-state index contributed by atoms with van der Waals surface area (Å²) < 4.78 is 10.3.